The molecule has 6 heteroatoms. The summed E-state index contributed by atoms with van der Waals surface area (Å²) in [5, 5.41) is 4.46. The molecule has 0 aliphatic rings. The quantitative estimate of drug-likeness (QED) is 0.860. The fourth-order valence-electron chi connectivity index (χ4n) is 1.42. The minimum absolute atomic E-state index is 0.173. The van der Waals surface area contributed by atoms with Gasteiger partial charge in [-0.05, 0) is 18.1 Å². The van der Waals surface area contributed by atoms with Crippen LogP contribution in [-0.2, 0) is 9.59 Å². The topological polar surface area (TPSA) is 58.2 Å². The number of hydrogen-bond acceptors (Lipinski definition) is 2. The lowest BCUT2D eigenvalue weighted by Gasteiger charge is -2.09. The highest BCUT2D eigenvalue weighted by Crippen LogP contribution is 2.17. The first-order valence-electron chi connectivity index (χ1n) is 5.90. The number of anilines is 1. The van der Waals surface area contributed by atoms with Crippen molar-refractivity contribution in [3.8, 4) is 0 Å². The molecule has 0 saturated carbocycles. The van der Waals surface area contributed by atoms with Gasteiger partial charge in [0.05, 0.1) is 6.54 Å². The summed E-state index contributed by atoms with van der Waals surface area (Å²) in [7, 11) is 0. The van der Waals surface area contributed by atoms with Crippen LogP contribution in [0.3, 0.4) is 0 Å². The van der Waals surface area contributed by atoms with Gasteiger partial charge in [-0.3, -0.25) is 9.59 Å². The van der Waals surface area contributed by atoms with Gasteiger partial charge in [-0.15, -0.1) is 0 Å². The van der Waals surface area contributed by atoms with Crippen molar-refractivity contribution in [2.45, 2.75) is 20.3 Å². The summed E-state index contributed by atoms with van der Waals surface area (Å²) < 4.78 is 26.5. The second kappa shape index (κ2) is 6.82. The normalized spacial score (nSPS) is 10.4. The number of amides is 2. The summed E-state index contributed by atoms with van der Waals surface area (Å²) in [5.74, 6) is -2.50. The molecule has 2 N–H and O–H groups in total. The number of hydrogen-bond donors (Lipinski definition) is 2. The van der Waals surface area contributed by atoms with Crippen molar-refractivity contribution in [3.63, 3.8) is 0 Å². The Bertz CT molecular complexity index is 455. The second-order valence-electron chi connectivity index (χ2n) is 4.52. The van der Waals surface area contributed by atoms with E-state index in [1.807, 2.05) is 13.8 Å². The van der Waals surface area contributed by atoms with Gasteiger partial charge in [0.25, 0.3) is 0 Å². The van der Waals surface area contributed by atoms with E-state index in [0.717, 1.165) is 12.1 Å². The van der Waals surface area contributed by atoms with E-state index < -0.39 is 23.2 Å². The fourth-order valence-corrected chi connectivity index (χ4v) is 1.42. The van der Waals surface area contributed by atoms with Crippen LogP contribution in [0.1, 0.15) is 20.3 Å². The van der Waals surface area contributed by atoms with Gasteiger partial charge in [-0.2, -0.15) is 0 Å². The van der Waals surface area contributed by atoms with Gasteiger partial charge < -0.3 is 10.6 Å². The minimum atomic E-state index is -0.859. The summed E-state index contributed by atoms with van der Waals surface area (Å²) in [5.41, 5.74) is -0.509. The standard InChI is InChI=1S/C13H16F2N2O2/c1-8(2)6-11(18)16-7-12(19)17-13-9(14)4-3-5-10(13)15/h3-5,8H,6-7H2,1-2H3,(H,16,18)(H,17,19). The van der Waals surface area contributed by atoms with Gasteiger partial charge in [-0.1, -0.05) is 19.9 Å². The third-order valence-electron chi connectivity index (χ3n) is 2.27. The number of carbonyl (C=O) groups excluding carboxylic acids is 2. The minimum Gasteiger partial charge on any atom is -0.347 e. The van der Waals surface area contributed by atoms with Crippen molar-refractivity contribution in [1.82, 2.24) is 5.32 Å². The number of rotatable bonds is 5. The van der Waals surface area contributed by atoms with Crippen LogP contribution in [0.15, 0.2) is 18.2 Å². The molecule has 0 aromatic heterocycles. The van der Waals surface area contributed by atoms with Gasteiger partial charge in [0.1, 0.15) is 17.3 Å². The van der Waals surface area contributed by atoms with Crippen LogP contribution in [0.5, 0.6) is 0 Å². The first-order chi connectivity index (χ1) is 8.90. The number of carbonyl (C=O) groups is 2. The van der Waals surface area contributed by atoms with E-state index in [4.69, 9.17) is 0 Å². The van der Waals surface area contributed by atoms with Gasteiger partial charge in [0.15, 0.2) is 0 Å². The Morgan fingerprint density at radius 1 is 1.16 bits per heavy atom. The third-order valence-corrected chi connectivity index (χ3v) is 2.27. The van der Waals surface area contributed by atoms with Gasteiger partial charge >= 0.3 is 0 Å². The second-order valence-corrected chi connectivity index (χ2v) is 4.52. The molecule has 0 aliphatic heterocycles. The lowest BCUT2D eigenvalue weighted by Crippen LogP contribution is -2.33. The highest BCUT2D eigenvalue weighted by molar-refractivity contribution is 5.94. The third kappa shape index (κ3) is 5.03. The molecular formula is C13H16F2N2O2. The highest BCUT2D eigenvalue weighted by Gasteiger charge is 2.12. The van der Waals surface area contributed by atoms with E-state index in [0.29, 0.717) is 6.42 Å². The molecule has 1 aromatic rings. The molecule has 1 aromatic carbocycles. The predicted octanol–water partition coefficient (Wildman–Crippen LogP) is 2.07. The maximum atomic E-state index is 13.2. The number of para-hydroxylation sites is 1. The lowest BCUT2D eigenvalue weighted by molar-refractivity contribution is -0.124. The predicted molar refractivity (Wildman–Crippen MR) is 67.5 cm³/mol. The zero-order chi connectivity index (χ0) is 14.4. The maximum absolute atomic E-state index is 13.2. The van der Waals surface area contributed by atoms with E-state index in [9.17, 15) is 18.4 Å². The molecular weight excluding hydrogens is 254 g/mol. The van der Waals surface area contributed by atoms with Crippen LogP contribution >= 0.6 is 0 Å². The molecule has 0 atom stereocenters. The van der Waals surface area contributed by atoms with Gasteiger partial charge in [0, 0.05) is 6.42 Å². The molecule has 1 rings (SSSR count). The first-order valence-corrected chi connectivity index (χ1v) is 5.90. The molecule has 0 bridgehead atoms. The highest BCUT2D eigenvalue weighted by atomic mass is 19.1. The average Bonchev–Trinajstić information content (AvgIpc) is 2.30. The Morgan fingerprint density at radius 2 is 1.74 bits per heavy atom. The fraction of sp³-hybridized carbons (Fsp3) is 0.385. The summed E-state index contributed by atoms with van der Waals surface area (Å²) in [6, 6.07) is 3.27. The van der Waals surface area contributed by atoms with Gasteiger partial charge in [0.2, 0.25) is 11.8 Å². The zero-order valence-corrected chi connectivity index (χ0v) is 10.8. The molecule has 104 valence electrons. The van der Waals surface area contributed by atoms with Crippen LogP contribution in [0, 0.1) is 17.6 Å². The maximum Gasteiger partial charge on any atom is 0.243 e. The van der Waals surface area contributed by atoms with Crippen molar-refractivity contribution in [2.24, 2.45) is 5.92 Å². The molecule has 4 nitrogen and oxygen atoms in total. The number of benzene rings is 1. The molecule has 0 radical (unpaired) electrons. The van der Waals surface area contributed by atoms with Crippen molar-refractivity contribution >= 4 is 17.5 Å². The van der Waals surface area contributed by atoms with Crippen molar-refractivity contribution < 1.29 is 18.4 Å². The molecule has 19 heavy (non-hydrogen) atoms. The molecule has 0 unspecified atom stereocenters. The zero-order valence-electron chi connectivity index (χ0n) is 10.8. The van der Waals surface area contributed by atoms with E-state index in [1.165, 1.54) is 6.07 Å². The van der Waals surface area contributed by atoms with Crippen molar-refractivity contribution in [3.05, 3.63) is 29.8 Å². The molecule has 0 aliphatic carbocycles. The molecule has 0 saturated heterocycles. The Labute approximate surface area is 110 Å². The van der Waals surface area contributed by atoms with E-state index in [-0.39, 0.29) is 18.4 Å². The van der Waals surface area contributed by atoms with Crippen LogP contribution in [0.25, 0.3) is 0 Å². The molecule has 2 amide bonds. The van der Waals surface area contributed by atoms with Crippen LogP contribution in [0.4, 0.5) is 14.5 Å². The number of nitrogens with one attached hydrogen (secondary N) is 2. The molecule has 0 fully saturated rings. The SMILES string of the molecule is CC(C)CC(=O)NCC(=O)Nc1c(F)cccc1F. The summed E-state index contributed by atoms with van der Waals surface area (Å²) in [6.07, 6.45) is 0.293. The largest absolute Gasteiger partial charge is 0.347 e. The summed E-state index contributed by atoms with van der Waals surface area (Å²) in [4.78, 5) is 22.8. The van der Waals surface area contributed by atoms with Crippen LogP contribution < -0.4 is 10.6 Å². The summed E-state index contributed by atoms with van der Waals surface area (Å²) in [6.45, 7) is 3.42. The van der Waals surface area contributed by atoms with Gasteiger partial charge in [-0.25, -0.2) is 8.78 Å². The average molecular weight is 270 g/mol. The van der Waals surface area contributed by atoms with Crippen LogP contribution in [-0.4, -0.2) is 18.4 Å². The Hall–Kier alpha value is -1.98. The monoisotopic (exact) mass is 270 g/mol. The Morgan fingerprint density at radius 3 is 2.26 bits per heavy atom. The number of halogens is 2. The van der Waals surface area contributed by atoms with E-state index in [1.54, 1.807) is 0 Å². The van der Waals surface area contributed by atoms with E-state index in [2.05, 4.69) is 10.6 Å². The molecule has 0 heterocycles. The Kier molecular flexibility index (Phi) is 5.41. The lowest BCUT2D eigenvalue weighted by atomic mass is 10.1. The summed E-state index contributed by atoms with van der Waals surface area (Å²) >= 11 is 0. The first kappa shape index (κ1) is 15.1. The molecule has 0 spiro atoms. The van der Waals surface area contributed by atoms with Crippen molar-refractivity contribution in [2.75, 3.05) is 11.9 Å². The Balaban J connectivity index is 2.50. The van der Waals surface area contributed by atoms with E-state index >= 15 is 0 Å². The van der Waals surface area contributed by atoms with Crippen molar-refractivity contribution in [1.29, 1.82) is 0 Å². The smallest absolute Gasteiger partial charge is 0.243 e. The van der Waals surface area contributed by atoms with Crippen LogP contribution in [0.2, 0.25) is 0 Å².